The third kappa shape index (κ3) is 4.83. The van der Waals surface area contributed by atoms with Gasteiger partial charge in [-0.05, 0) is 48.4 Å². The summed E-state index contributed by atoms with van der Waals surface area (Å²) in [6.07, 6.45) is 3.23. The molecule has 0 N–H and O–H groups in total. The standard InChI is InChI=1S/C23H24ClNO6S/c1-2-30-22(26)7-6-19-13-18-12-17(15-21(24)23(18)31-19)16-4-3-5-20(14-16)32(27,28)25-8-10-29-11-9-25/h3-7,12,14-15,19H,2,8-11,13H2,1H3. The Morgan fingerprint density at radius 3 is 2.75 bits per heavy atom. The van der Waals surface area contributed by atoms with Crippen LogP contribution in [0, 0.1) is 0 Å². The Balaban J connectivity index is 1.58. The van der Waals surface area contributed by atoms with Crippen molar-refractivity contribution in [2.75, 3.05) is 32.9 Å². The summed E-state index contributed by atoms with van der Waals surface area (Å²) in [6, 6.07) is 10.5. The van der Waals surface area contributed by atoms with Gasteiger partial charge >= 0.3 is 5.97 Å². The van der Waals surface area contributed by atoms with Crippen LogP contribution in [0.5, 0.6) is 5.75 Å². The van der Waals surface area contributed by atoms with Gasteiger partial charge in [-0.25, -0.2) is 13.2 Å². The van der Waals surface area contributed by atoms with Crippen molar-refractivity contribution in [2.45, 2.75) is 24.3 Å². The molecule has 0 aromatic heterocycles. The second-order valence-electron chi connectivity index (χ2n) is 7.46. The highest BCUT2D eigenvalue weighted by Gasteiger charge is 2.27. The number of ether oxygens (including phenoxy) is 3. The molecule has 2 aliphatic heterocycles. The number of nitrogens with zero attached hydrogens (tertiary/aromatic N) is 1. The number of fused-ring (bicyclic) bond motifs is 1. The van der Waals surface area contributed by atoms with Gasteiger partial charge in [-0.1, -0.05) is 23.7 Å². The number of carbonyl (C=O) groups excluding carboxylic acids is 1. The van der Waals surface area contributed by atoms with E-state index in [0.717, 1.165) is 16.7 Å². The molecule has 0 amide bonds. The topological polar surface area (TPSA) is 82.1 Å². The Hall–Kier alpha value is -2.39. The maximum Gasteiger partial charge on any atom is 0.330 e. The Kier molecular flexibility index (Phi) is 6.85. The SMILES string of the molecule is CCOC(=O)C=CC1Cc2cc(-c3cccc(S(=O)(=O)N4CCOCC4)c3)cc(Cl)c2O1. The first kappa shape index (κ1) is 22.8. The fraction of sp³-hybridized carbons (Fsp3) is 0.348. The van der Waals surface area contributed by atoms with E-state index in [-0.39, 0.29) is 11.0 Å². The highest BCUT2D eigenvalue weighted by Crippen LogP contribution is 2.40. The second kappa shape index (κ2) is 9.62. The molecule has 1 atom stereocenters. The molecule has 7 nitrogen and oxygen atoms in total. The van der Waals surface area contributed by atoms with Crippen molar-refractivity contribution in [2.24, 2.45) is 0 Å². The summed E-state index contributed by atoms with van der Waals surface area (Å²) < 4.78 is 43.5. The number of halogens is 1. The number of hydrogen-bond acceptors (Lipinski definition) is 6. The molecule has 2 aliphatic rings. The minimum Gasteiger partial charge on any atom is -0.484 e. The van der Waals surface area contributed by atoms with Crippen LogP contribution in [0.1, 0.15) is 12.5 Å². The summed E-state index contributed by atoms with van der Waals surface area (Å²) in [5.41, 5.74) is 2.44. The van der Waals surface area contributed by atoms with E-state index < -0.39 is 16.0 Å². The van der Waals surface area contributed by atoms with Crippen molar-refractivity contribution >= 4 is 27.6 Å². The molecule has 2 aromatic carbocycles. The zero-order chi connectivity index (χ0) is 22.7. The van der Waals surface area contributed by atoms with E-state index in [4.69, 9.17) is 25.8 Å². The Labute approximate surface area is 192 Å². The molecular formula is C23H24ClNO6S. The predicted octanol–water partition coefficient (Wildman–Crippen LogP) is 3.45. The van der Waals surface area contributed by atoms with Crippen LogP contribution in [0.3, 0.4) is 0 Å². The molecule has 1 saturated heterocycles. The second-order valence-corrected chi connectivity index (χ2v) is 9.81. The van der Waals surface area contributed by atoms with Gasteiger partial charge in [0, 0.05) is 31.1 Å². The average molecular weight is 478 g/mol. The first-order chi connectivity index (χ1) is 15.4. The lowest BCUT2D eigenvalue weighted by molar-refractivity contribution is -0.137. The number of sulfonamides is 1. The number of hydrogen-bond donors (Lipinski definition) is 0. The van der Waals surface area contributed by atoms with Crippen LogP contribution in [0.25, 0.3) is 11.1 Å². The highest BCUT2D eigenvalue weighted by molar-refractivity contribution is 7.89. The van der Waals surface area contributed by atoms with Gasteiger partial charge < -0.3 is 14.2 Å². The molecule has 32 heavy (non-hydrogen) atoms. The molecule has 170 valence electrons. The lowest BCUT2D eigenvalue weighted by Gasteiger charge is -2.26. The largest absolute Gasteiger partial charge is 0.484 e. The van der Waals surface area contributed by atoms with Crippen LogP contribution in [-0.4, -0.2) is 57.7 Å². The third-order valence-electron chi connectivity index (χ3n) is 5.32. The molecular weight excluding hydrogens is 454 g/mol. The van der Waals surface area contributed by atoms with E-state index in [1.54, 1.807) is 37.3 Å². The van der Waals surface area contributed by atoms with E-state index in [9.17, 15) is 13.2 Å². The first-order valence-corrected chi connectivity index (χ1v) is 12.2. The van der Waals surface area contributed by atoms with Gasteiger partial charge in [-0.2, -0.15) is 4.31 Å². The lowest BCUT2D eigenvalue weighted by atomic mass is 10.0. The summed E-state index contributed by atoms with van der Waals surface area (Å²) in [5, 5.41) is 0.436. The molecule has 4 rings (SSSR count). The molecule has 0 radical (unpaired) electrons. The van der Waals surface area contributed by atoms with Gasteiger partial charge in [0.05, 0.1) is 29.7 Å². The highest BCUT2D eigenvalue weighted by atomic mass is 35.5. The Bertz CT molecular complexity index is 1140. The van der Waals surface area contributed by atoms with Gasteiger partial charge in [0.2, 0.25) is 10.0 Å². The fourth-order valence-corrected chi connectivity index (χ4v) is 5.50. The summed E-state index contributed by atoms with van der Waals surface area (Å²) in [6.45, 7) is 3.53. The molecule has 9 heteroatoms. The van der Waals surface area contributed by atoms with E-state index in [1.165, 1.54) is 10.4 Å². The van der Waals surface area contributed by atoms with Crippen molar-refractivity contribution in [3.8, 4) is 16.9 Å². The summed E-state index contributed by atoms with van der Waals surface area (Å²) >= 11 is 6.47. The predicted molar refractivity (Wildman–Crippen MR) is 120 cm³/mol. The van der Waals surface area contributed by atoms with Crippen molar-refractivity contribution in [3.63, 3.8) is 0 Å². The van der Waals surface area contributed by atoms with E-state index in [2.05, 4.69) is 0 Å². The van der Waals surface area contributed by atoms with Crippen LogP contribution in [0.2, 0.25) is 5.02 Å². The summed E-state index contributed by atoms with van der Waals surface area (Å²) in [7, 11) is -3.60. The van der Waals surface area contributed by atoms with Crippen LogP contribution in [0.4, 0.5) is 0 Å². The molecule has 2 aromatic rings. The summed E-state index contributed by atoms with van der Waals surface area (Å²) in [5.74, 6) is 0.156. The summed E-state index contributed by atoms with van der Waals surface area (Å²) in [4.78, 5) is 11.8. The number of carbonyl (C=O) groups is 1. The zero-order valence-corrected chi connectivity index (χ0v) is 19.2. The van der Waals surface area contributed by atoms with E-state index in [0.29, 0.717) is 50.1 Å². The van der Waals surface area contributed by atoms with Crippen LogP contribution in [0.15, 0.2) is 53.4 Å². The molecule has 1 unspecified atom stereocenters. The van der Waals surface area contributed by atoms with Gasteiger partial charge in [0.25, 0.3) is 0 Å². The zero-order valence-electron chi connectivity index (χ0n) is 17.6. The number of esters is 1. The lowest BCUT2D eigenvalue weighted by Crippen LogP contribution is -2.40. The smallest absolute Gasteiger partial charge is 0.330 e. The molecule has 1 fully saturated rings. The Morgan fingerprint density at radius 1 is 1.22 bits per heavy atom. The van der Waals surface area contributed by atoms with Crippen molar-refractivity contribution in [1.82, 2.24) is 4.31 Å². The molecule has 0 bridgehead atoms. The van der Waals surface area contributed by atoms with E-state index in [1.807, 2.05) is 12.1 Å². The van der Waals surface area contributed by atoms with Crippen LogP contribution < -0.4 is 4.74 Å². The van der Waals surface area contributed by atoms with Crippen LogP contribution in [-0.2, 0) is 30.7 Å². The quantitative estimate of drug-likeness (QED) is 0.468. The Morgan fingerprint density at radius 2 is 2.00 bits per heavy atom. The van der Waals surface area contributed by atoms with Crippen molar-refractivity contribution in [3.05, 3.63) is 59.1 Å². The minimum atomic E-state index is -3.60. The maximum absolute atomic E-state index is 13.0. The number of rotatable bonds is 6. The minimum absolute atomic E-state index is 0.236. The van der Waals surface area contributed by atoms with Crippen molar-refractivity contribution in [1.29, 1.82) is 0 Å². The molecule has 0 saturated carbocycles. The first-order valence-electron chi connectivity index (χ1n) is 10.4. The van der Waals surface area contributed by atoms with Crippen molar-refractivity contribution < 1.29 is 27.4 Å². The fourth-order valence-electron chi connectivity index (χ4n) is 3.77. The third-order valence-corrected chi connectivity index (χ3v) is 7.49. The molecule has 0 aliphatic carbocycles. The number of benzene rings is 2. The normalized spacial score (nSPS) is 19.0. The molecule has 2 heterocycles. The van der Waals surface area contributed by atoms with Crippen LogP contribution >= 0.6 is 11.6 Å². The average Bonchev–Trinajstić information content (AvgIpc) is 3.22. The van der Waals surface area contributed by atoms with Gasteiger partial charge in [0.1, 0.15) is 11.9 Å². The van der Waals surface area contributed by atoms with Gasteiger partial charge in [0.15, 0.2) is 0 Å². The monoisotopic (exact) mass is 477 g/mol. The maximum atomic E-state index is 13.0. The number of morpholine rings is 1. The van der Waals surface area contributed by atoms with E-state index >= 15 is 0 Å². The van der Waals surface area contributed by atoms with Gasteiger partial charge in [-0.15, -0.1) is 0 Å². The van der Waals surface area contributed by atoms with Gasteiger partial charge in [-0.3, -0.25) is 0 Å². The molecule has 0 spiro atoms.